The van der Waals surface area contributed by atoms with E-state index in [1.165, 1.54) is 0 Å². The molecule has 0 aliphatic heterocycles. The Kier molecular flexibility index (Phi) is 16.7. The number of amides is 4. The Balaban J connectivity index is 3.32. The maximum Gasteiger partial charge on any atom is 0.243 e. The van der Waals surface area contributed by atoms with Crippen LogP contribution in [0, 0.1) is 17.3 Å². The molecule has 1 aromatic rings. The molecule has 1 aromatic carbocycles. The summed E-state index contributed by atoms with van der Waals surface area (Å²) in [5.41, 5.74) is 11.9. The fraction of sp³-hybridized carbons (Fsp3) is 0.656. The Morgan fingerprint density at radius 1 is 0.860 bits per heavy atom. The lowest BCUT2D eigenvalue weighted by atomic mass is 9.80. The monoisotopic (exact) mass is 602 g/mol. The van der Waals surface area contributed by atoms with Crippen molar-refractivity contribution in [1.29, 1.82) is 0 Å². The minimum absolute atomic E-state index is 0.0980. The maximum atomic E-state index is 13.8. The molecule has 0 aliphatic carbocycles. The summed E-state index contributed by atoms with van der Waals surface area (Å²) in [5.74, 6) is -2.20. The molecule has 0 radical (unpaired) electrons. The van der Waals surface area contributed by atoms with E-state index in [2.05, 4.69) is 21.3 Å². The molecule has 11 nitrogen and oxygen atoms in total. The smallest absolute Gasteiger partial charge is 0.243 e. The zero-order valence-corrected chi connectivity index (χ0v) is 26.8. The highest BCUT2D eigenvalue weighted by Gasteiger charge is 2.35. The van der Waals surface area contributed by atoms with Gasteiger partial charge in [0.15, 0.2) is 5.78 Å². The van der Waals surface area contributed by atoms with Gasteiger partial charge in [-0.25, -0.2) is 0 Å². The Bertz CT molecular complexity index is 1030. The average Bonchev–Trinajstić information content (AvgIpc) is 2.96. The molecule has 0 saturated carbocycles. The molecule has 5 atom stereocenters. The lowest BCUT2D eigenvalue weighted by molar-refractivity contribution is -0.135. The predicted molar refractivity (Wildman–Crippen MR) is 169 cm³/mol. The molecular formula is C32H54N6O5. The third-order valence-electron chi connectivity index (χ3n) is 7.80. The minimum Gasteiger partial charge on any atom is -0.347 e. The molecule has 0 saturated heterocycles. The van der Waals surface area contributed by atoms with E-state index >= 15 is 0 Å². The molecule has 1 rings (SSSR count). The molecule has 0 heterocycles. The molecule has 0 aliphatic rings. The Hall–Kier alpha value is -3.31. The molecule has 11 heteroatoms. The SMILES string of the molecule is CCC(C)C(NC(=O)C(CCCN)NC=O)C(=O)NC(Cc1ccccc1)C(=O)NC(CC(C)(C)CCN)C(=O)C(C)C. The summed E-state index contributed by atoms with van der Waals surface area (Å²) in [6.45, 7) is 12.1. The molecule has 8 N–H and O–H groups in total. The lowest BCUT2D eigenvalue weighted by Gasteiger charge is -2.32. The second kappa shape index (κ2) is 19.1. The van der Waals surface area contributed by atoms with Crippen LogP contribution >= 0.6 is 0 Å². The van der Waals surface area contributed by atoms with Crippen LogP contribution in [-0.2, 0) is 30.4 Å². The van der Waals surface area contributed by atoms with E-state index in [4.69, 9.17) is 11.5 Å². The molecule has 0 fully saturated rings. The second-order valence-electron chi connectivity index (χ2n) is 12.4. The van der Waals surface area contributed by atoms with Gasteiger partial charge < -0.3 is 32.7 Å². The molecule has 43 heavy (non-hydrogen) atoms. The fourth-order valence-electron chi connectivity index (χ4n) is 4.91. The van der Waals surface area contributed by atoms with Crippen molar-refractivity contribution in [3.8, 4) is 0 Å². The average molecular weight is 603 g/mol. The number of benzene rings is 1. The standard InChI is InChI=1S/C32H54N6O5/c1-7-22(4)27(38-29(41)24(35-20-39)14-11-16-33)31(43)36-25(18-23-12-9-8-10-13-23)30(42)37-26(28(40)21(2)3)19-32(5,6)15-17-34/h8-10,12-13,20-22,24-27H,7,11,14-19,33-34H2,1-6H3,(H,35,39)(H,36,43)(H,37,42)(H,38,41). The topological polar surface area (TPSA) is 186 Å². The first-order valence-corrected chi connectivity index (χ1v) is 15.4. The zero-order valence-electron chi connectivity index (χ0n) is 26.8. The van der Waals surface area contributed by atoms with Crippen molar-refractivity contribution in [3.05, 3.63) is 35.9 Å². The number of nitrogens with one attached hydrogen (secondary N) is 4. The largest absolute Gasteiger partial charge is 0.347 e. The van der Waals surface area contributed by atoms with E-state index in [-0.39, 0.29) is 29.5 Å². The predicted octanol–water partition coefficient (Wildman–Crippen LogP) is 1.57. The third-order valence-corrected chi connectivity index (χ3v) is 7.80. The number of rotatable bonds is 21. The van der Waals surface area contributed by atoms with Gasteiger partial charge in [0.2, 0.25) is 24.1 Å². The molecule has 242 valence electrons. The summed E-state index contributed by atoms with van der Waals surface area (Å²) in [7, 11) is 0. The number of hydrogen-bond acceptors (Lipinski definition) is 7. The number of carbonyl (C=O) groups is 5. The number of nitrogens with two attached hydrogens (primary N) is 2. The minimum atomic E-state index is -1.01. The number of ketones is 1. The van der Waals surface area contributed by atoms with Gasteiger partial charge in [0.05, 0.1) is 6.04 Å². The lowest BCUT2D eigenvalue weighted by Crippen LogP contribution is -2.59. The van der Waals surface area contributed by atoms with Crippen LogP contribution in [0.3, 0.4) is 0 Å². The van der Waals surface area contributed by atoms with Crippen LogP contribution in [0.1, 0.15) is 79.2 Å². The Morgan fingerprint density at radius 2 is 1.47 bits per heavy atom. The molecule has 4 amide bonds. The van der Waals surface area contributed by atoms with Crippen LogP contribution in [0.2, 0.25) is 0 Å². The summed E-state index contributed by atoms with van der Waals surface area (Å²) in [6.07, 6.45) is 3.11. The van der Waals surface area contributed by atoms with Crippen molar-refractivity contribution >= 4 is 29.9 Å². The van der Waals surface area contributed by atoms with E-state index in [1.54, 1.807) is 13.8 Å². The Morgan fingerprint density at radius 3 is 2.00 bits per heavy atom. The van der Waals surface area contributed by atoms with Gasteiger partial charge in [0.25, 0.3) is 0 Å². The number of carbonyl (C=O) groups excluding carboxylic acids is 5. The quantitative estimate of drug-likeness (QED) is 0.115. The van der Waals surface area contributed by atoms with E-state index in [0.717, 1.165) is 5.56 Å². The third kappa shape index (κ3) is 13.3. The molecular weight excluding hydrogens is 548 g/mol. The second-order valence-corrected chi connectivity index (χ2v) is 12.4. The highest BCUT2D eigenvalue weighted by molar-refractivity contribution is 5.96. The van der Waals surface area contributed by atoms with Crippen molar-refractivity contribution in [2.24, 2.45) is 28.7 Å². The van der Waals surface area contributed by atoms with Crippen LogP contribution in [0.4, 0.5) is 0 Å². The summed E-state index contributed by atoms with van der Waals surface area (Å²) in [4.78, 5) is 64.9. The van der Waals surface area contributed by atoms with Gasteiger partial charge in [-0.1, -0.05) is 78.3 Å². The van der Waals surface area contributed by atoms with E-state index in [9.17, 15) is 24.0 Å². The van der Waals surface area contributed by atoms with Crippen molar-refractivity contribution in [1.82, 2.24) is 21.3 Å². The van der Waals surface area contributed by atoms with Crippen molar-refractivity contribution in [3.63, 3.8) is 0 Å². The van der Waals surface area contributed by atoms with Crippen LogP contribution < -0.4 is 32.7 Å². The van der Waals surface area contributed by atoms with Gasteiger partial charge in [-0.3, -0.25) is 24.0 Å². The fourth-order valence-corrected chi connectivity index (χ4v) is 4.91. The van der Waals surface area contributed by atoms with Crippen LogP contribution in [-0.4, -0.2) is 67.2 Å². The van der Waals surface area contributed by atoms with Gasteiger partial charge in [0.1, 0.15) is 18.1 Å². The van der Waals surface area contributed by atoms with Gasteiger partial charge in [-0.2, -0.15) is 0 Å². The van der Waals surface area contributed by atoms with Gasteiger partial charge in [0, 0.05) is 12.3 Å². The highest BCUT2D eigenvalue weighted by Crippen LogP contribution is 2.27. The van der Waals surface area contributed by atoms with Crippen molar-refractivity contribution in [2.75, 3.05) is 13.1 Å². The van der Waals surface area contributed by atoms with Gasteiger partial charge in [-0.05, 0) is 55.7 Å². The van der Waals surface area contributed by atoms with Crippen molar-refractivity contribution in [2.45, 2.75) is 104 Å². The first-order chi connectivity index (χ1) is 20.3. The summed E-state index contributed by atoms with van der Waals surface area (Å²) < 4.78 is 0. The Labute approximate surface area is 257 Å². The summed E-state index contributed by atoms with van der Waals surface area (Å²) >= 11 is 0. The van der Waals surface area contributed by atoms with E-state index < -0.39 is 41.9 Å². The van der Waals surface area contributed by atoms with Crippen LogP contribution in [0.25, 0.3) is 0 Å². The van der Waals surface area contributed by atoms with Crippen LogP contribution in [0.5, 0.6) is 0 Å². The zero-order chi connectivity index (χ0) is 32.6. The summed E-state index contributed by atoms with van der Waals surface area (Å²) in [6, 6.07) is 5.68. The normalized spacial score (nSPS) is 15.0. The molecule has 0 spiro atoms. The number of hydrogen-bond donors (Lipinski definition) is 6. The molecule has 5 unspecified atom stereocenters. The van der Waals surface area contributed by atoms with E-state index in [0.29, 0.717) is 51.6 Å². The first-order valence-electron chi connectivity index (χ1n) is 15.4. The molecule has 0 aromatic heterocycles. The van der Waals surface area contributed by atoms with E-state index in [1.807, 2.05) is 58.0 Å². The number of Topliss-reactive ketones (excluding diaryl/α,β-unsaturated/α-hetero) is 1. The summed E-state index contributed by atoms with van der Waals surface area (Å²) in [5, 5.41) is 11.1. The van der Waals surface area contributed by atoms with Gasteiger partial charge >= 0.3 is 0 Å². The van der Waals surface area contributed by atoms with Crippen molar-refractivity contribution < 1.29 is 24.0 Å². The maximum absolute atomic E-state index is 13.8. The van der Waals surface area contributed by atoms with Crippen LogP contribution in [0.15, 0.2) is 30.3 Å². The highest BCUT2D eigenvalue weighted by atomic mass is 16.2. The van der Waals surface area contributed by atoms with Gasteiger partial charge in [-0.15, -0.1) is 0 Å². The molecule has 0 bridgehead atoms. The first kappa shape index (κ1) is 37.7.